The maximum Gasteiger partial charge on any atom is 0.316 e. The van der Waals surface area contributed by atoms with E-state index in [1.165, 1.54) is 38.0 Å². The van der Waals surface area contributed by atoms with Crippen LogP contribution in [0.25, 0.3) is 0 Å². The molecule has 0 aliphatic heterocycles. The maximum atomic E-state index is 11.4. The molecule has 1 atom stereocenters. The number of H-pyrrole nitrogens is 1. The van der Waals surface area contributed by atoms with E-state index in [-0.39, 0.29) is 11.5 Å². The van der Waals surface area contributed by atoms with E-state index in [9.17, 15) is 9.59 Å². The van der Waals surface area contributed by atoms with E-state index >= 15 is 0 Å². The summed E-state index contributed by atoms with van der Waals surface area (Å²) in [5.74, 6) is 0.253. The number of carbonyl (C=O) groups is 1. The summed E-state index contributed by atoms with van der Waals surface area (Å²) in [4.78, 5) is 22.2. The molecule has 1 unspecified atom stereocenters. The van der Waals surface area contributed by atoms with Crippen LogP contribution in [-0.2, 0) is 20.9 Å². The van der Waals surface area contributed by atoms with Crippen molar-refractivity contribution in [3.8, 4) is 0 Å². The molecular formula is C21H29NO5. The number of benzene rings is 1. The van der Waals surface area contributed by atoms with Gasteiger partial charge in [-0.05, 0) is 30.2 Å². The summed E-state index contributed by atoms with van der Waals surface area (Å²) < 4.78 is 15.1. The molecule has 1 aliphatic carbocycles. The second kappa shape index (κ2) is 10.7. The van der Waals surface area contributed by atoms with E-state index in [2.05, 4.69) is 34.2 Å². The lowest BCUT2D eigenvalue weighted by atomic mass is 9.86. The Bertz CT molecular complexity index is 730. The fraction of sp³-hybridized carbons (Fsp3) is 0.524. The van der Waals surface area contributed by atoms with Crippen molar-refractivity contribution in [2.75, 3.05) is 13.7 Å². The Balaban J connectivity index is 0.000000194. The highest BCUT2D eigenvalue weighted by atomic mass is 16.5. The Hall–Kier alpha value is -2.34. The van der Waals surface area contributed by atoms with Gasteiger partial charge in [-0.25, -0.2) is 0 Å². The minimum Gasteiger partial charge on any atom is -0.468 e. The van der Waals surface area contributed by atoms with Gasteiger partial charge < -0.3 is 14.0 Å². The number of hydrogen-bond donors (Lipinski definition) is 1. The molecule has 3 rings (SSSR count). The van der Waals surface area contributed by atoms with Crippen molar-refractivity contribution >= 4 is 5.97 Å². The summed E-state index contributed by atoms with van der Waals surface area (Å²) in [5.41, 5.74) is 0.927. The Kier molecular flexibility index (Phi) is 8.33. The van der Waals surface area contributed by atoms with Crippen LogP contribution in [0.4, 0.5) is 0 Å². The zero-order valence-corrected chi connectivity index (χ0v) is 16.3. The second-order valence-electron chi connectivity index (χ2n) is 7.16. The van der Waals surface area contributed by atoms with Crippen LogP contribution in [0.5, 0.6) is 0 Å². The molecule has 1 N–H and O–H groups in total. The van der Waals surface area contributed by atoms with Gasteiger partial charge in [0.25, 0.3) is 5.56 Å². The predicted molar refractivity (Wildman–Crippen MR) is 102 cm³/mol. The molecule has 1 aromatic heterocycles. The Morgan fingerprint density at radius 2 is 1.96 bits per heavy atom. The quantitative estimate of drug-likeness (QED) is 0.743. The van der Waals surface area contributed by atoms with Crippen LogP contribution in [0, 0.1) is 11.8 Å². The number of rotatable bonds is 7. The van der Waals surface area contributed by atoms with E-state index in [1.54, 1.807) is 0 Å². The first kappa shape index (κ1) is 21.0. The van der Waals surface area contributed by atoms with Crippen LogP contribution in [-0.4, -0.2) is 24.8 Å². The van der Waals surface area contributed by atoms with Gasteiger partial charge in [-0.3, -0.25) is 9.59 Å². The number of aromatic nitrogens is 1. The van der Waals surface area contributed by atoms with Gasteiger partial charge in [-0.15, -0.1) is 0 Å². The topological polar surface area (TPSA) is 81.5 Å². The molecule has 0 bridgehead atoms. The predicted octanol–water partition coefficient (Wildman–Crippen LogP) is 3.88. The Morgan fingerprint density at radius 3 is 2.44 bits per heavy atom. The molecule has 2 aromatic rings. The van der Waals surface area contributed by atoms with Crippen LogP contribution in [0.1, 0.15) is 50.4 Å². The van der Waals surface area contributed by atoms with Crippen molar-refractivity contribution in [1.82, 2.24) is 5.16 Å². The number of esters is 1. The molecule has 0 amide bonds. The average Bonchev–Trinajstić information content (AvgIpc) is 3.04. The lowest BCUT2D eigenvalue weighted by molar-refractivity contribution is -0.144. The molecule has 0 radical (unpaired) electrons. The summed E-state index contributed by atoms with van der Waals surface area (Å²) in [6.07, 6.45) is 4.14. The summed E-state index contributed by atoms with van der Waals surface area (Å²) in [7, 11) is 1.31. The summed E-state index contributed by atoms with van der Waals surface area (Å²) in [6.45, 7) is 5.44. The molecular weight excluding hydrogens is 346 g/mol. The summed E-state index contributed by atoms with van der Waals surface area (Å²) >= 11 is 0. The van der Waals surface area contributed by atoms with E-state index in [1.807, 2.05) is 19.9 Å². The number of hydrogen-bond acceptors (Lipinski definition) is 5. The van der Waals surface area contributed by atoms with Crippen LogP contribution in [0.3, 0.4) is 0 Å². The van der Waals surface area contributed by atoms with Crippen LogP contribution >= 0.6 is 0 Å². The normalized spacial score (nSPS) is 14.8. The number of carbonyl (C=O) groups excluding carboxylic acids is 1. The van der Waals surface area contributed by atoms with Gasteiger partial charge in [-0.2, -0.15) is 5.16 Å². The third-order valence-electron chi connectivity index (χ3n) is 4.66. The van der Waals surface area contributed by atoms with Gasteiger partial charge in [0.05, 0.1) is 13.7 Å². The van der Waals surface area contributed by atoms with E-state index in [0.29, 0.717) is 5.76 Å². The lowest BCUT2D eigenvalue weighted by Gasteiger charge is -2.24. The monoisotopic (exact) mass is 375 g/mol. The standard InChI is InChI=1S/C12H16O.C9H13NO4/c1-2-5-11(6-3-1)9-13-10-12-7-4-8-12;1-5(2)8(9(12)13-3)6-4-7(11)10-14-6/h1-3,5-6,12H,4,7-10H2;4-5,8H,1-3H3,(H,10,11). The van der Waals surface area contributed by atoms with E-state index < -0.39 is 11.9 Å². The molecule has 1 saturated carbocycles. The first-order valence-electron chi connectivity index (χ1n) is 9.39. The van der Waals surface area contributed by atoms with Gasteiger partial charge in [-0.1, -0.05) is 50.6 Å². The van der Waals surface area contributed by atoms with E-state index in [4.69, 9.17) is 9.26 Å². The molecule has 6 heteroatoms. The van der Waals surface area contributed by atoms with Crippen LogP contribution < -0.4 is 5.56 Å². The van der Waals surface area contributed by atoms with Crippen molar-refractivity contribution in [2.24, 2.45) is 11.8 Å². The molecule has 0 saturated heterocycles. The van der Waals surface area contributed by atoms with Crippen molar-refractivity contribution in [3.05, 3.63) is 58.1 Å². The second-order valence-corrected chi connectivity index (χ2v) is 7.16. The molecule has 1 heterocycles. The SMILES string of the molecule is COC(=O)C(c1cc(=O)[nH]o1)C(C)C.c1ccc(COCC2CCC2)cc1. The van der Waals surface area contributed by atoms with Gasteiger partial charge >= 0.3 is 5.97 Å². The molecule has 27 heavy (non-hydrogen) atoms. The highest BCUT2D eigenvalue weighted by molar-refractivity contribution is 5.77. The summed E-state index contributed by atoms with van der Waals surface area (Å²) in [5, 5.41) is 2.14. The number of ether oxygens (including phenoxy) is 2. The van der Waals surface area contributed by atoms with Gasteiger partial charge in [0.2, 0.25) is 0 Å². The minimum absolute atomic E-state index is 0.0152. The molecule has 1 aliphatic rings. The molecule has 1 aromatic carbocycles. The van der Waals surface area contributed by atoms with Crippen molar-refractivity contribution < 1.29 is 18.8 Å². The van der Waals surface area contributed by atoms with Crippen LogP contribution in [0.2, 0.25) is 0 Å². The number of methoxy groups -OCH3 is 1. The highest BCUT2D eigenvalue weighted by Crippen LogP contribution is 2.26. The lowest BCUT2D eigenvalue weighted by Crippen LogP contribution is -2.19. The van der Waals surface area contributed by atoms with Crippen molar-refractivity contribution in [1.29, 1.82) is 0 Å². The van der Waals surface area contributed by atoms with E-state index in [0.717, 1.165) is 19.1 Å². The molecule has 6 nitrogen and oxygen atoms in total. The fourth-order valence-electron chi connectivity index (χ4n) is 2.87. The molecule has 1 fully saturated rings. The number of aromatic amines is 1. The van der Waals surface area contributed by atoms with Gasteiger partial charge in [0.1, 0.15) is 5.92 Å². The number of nitrogens with one attached hydrogen (secondary N) is 1. The van der Waals surface area contributed by atoms with Crippen LogP contribution in [0.15, 0.2) is 45.7 Å². The fourth-order valence-corrected chi connectivity index (χ4v) is 2.87. The molecule has 0 spiro atoms. The smallest absolute Gasteiger partial charge is 0.316 e. The Labute approximate surface area is 159 Å². The Morgan fingerprint density at radius 1 is 1.26 bits per heavy atom. The van der Waals surface area contributed by atoms with Gasteiger partial charge in [0.15, 0.2) is 5.76 Å². The van der Waals surface area contributed by atoms with Crippen molar-refractivity contribution in [2.45, 2.75) is 45.6 Å². The largest absolute Gasteiger partial charge is 0.468 e. The van der Waals surface area contributed by atoms with Gasteiger partial charge in [0, 0.05) is 12.7 Å². The summed E-state index contributed by atoms with van der Waals surface area (Å²) in [6, 6.07) is 11.6. The zero-order chi connectivity index (χ0) is 19.6. The highest BCUT2D eigenvalue weighted by Gasteiger charge is 2.28. The third-order valence-corrected chi connectivity index (χ3v) is 4.66. The minimum atomic E-state index is -0.529. The average molecular weight is 375 g/mol. The molecule has 148 valence electrons. The zero-order valence-electron chi connectivity index (χ0n) is 16.3. The maximum absolute atomic E-state index is 11.4. The third kappa shape index (κ3) is 6.71. The first-order valence-corrected chi connectivity index (χ1v) is 9.39. The van der Waals surface area contributed by atoms with Crippen molar-refractivity contribution in [3.63, 3.8) is 0 Å². The first-order chi connectivity index (χ1) is 13.0.